The van der Waals surface area contributed by atoms with Gasteiger partial charge in [0.2, 0.25) is 5.91 Å². The third kappa shape index (κ3) is 3.77. The van der Waals surface area contributed by atoms with Gasteiger partial charge < -0.3 is 5.32 Å². The molecule has 2 atom stereocenters. The van der Waals surface area contributed by atoms with Crippen molar-refractivity contribution in [3.8, 4) is 0 Å². The third-order valence-electron chi connectivity index (χ3n) is 4.82. The van der Waals surface area contributed by atoms with Gasteiger partial charge in [0.15, 0.2) is 0 Å². The Bertz CT molecular complexity index is 826. The molecule has 3 rings (SSSR count). The Kier molecular flexibility index (Phi) is 5.40. The zero-order valence-corrected chi connectivity index (χ0v) is 15.8. The Labute approximate surface area is 159 Å². The molecular weight excluding hydrogens is 340 g/mol. The zero-order valence-electron chi connectivity index (χ0n) is 15.8. The first-order valence-corrected chi connectivity index (χ1v) is 9.22. The summed E-state index contributed by atoms with van der Waals surface area (Å²) in [4.78, 5) is 39.2. The molecule has 3 amide bonds. The van der Waals surface area contributed by atoms with Gasteiger partial charge in [0.05, 0.1) is 17.2 Å². The minimum absolute atomic E-state index is 0.170. The largest absolute Gasteiger partial charge is 0.347 e. The molecule has 1 aliphatic heterocycles. The van der Waals surface area contributed by atoms with Gasteiger partial charge in [-0.05, 0) is 37.0 Å². The molecule has 140 valence electrons. The van der Waals surface area contributed by atoms with Crippen LogP contribution >= 0.6 is 0 Å². The highest BCUT2D eigenvalue weighted by Gasteiger charge is 2.40. The predicted octanol–water partition coefficient (Wildman–Crippen LogP) is 3.57. The predicted molar refractivity (Wildman–Crippen MR) is 103 cm³/mol. The Morgan fingerprint density at radius 2 is 1.41 bits per heavy atom. The molecule has 0 bridgehead atoms. The second-order valence-electron chi connectivity index (χ2n) is 7.30. The maximum atomic E-state index is 12.9. The highest BCUT2D eigenvalue weighted by Crippen LogP contribution is 2.26. The standard InChI is InChI=1S/C22H24N2O3/c1-14(2)13-19(16-9-5-4-6-10-16)23-20(25)15(3)24-21(26)17-11-7-8-12-18(17)22(24)27/h4-12,14-15,19H,13H2,1-3H3,(H,23,25)/t15-,19-/m1/s1. The van der Waals surface area contributed by atoms with Crippen LogP contribution in [0.25, 0.3) is 0 Å². The van der Waals surface area contributed by atoms with Crippen LogP contribution in [-0.4, -0.2) is 28.7 Å². The normalized spacial score (nSPS) is 15.6. The number of fused-ring (bicyclic) bond motifs is 1. The number of hydrogen-bond donors (Lipinski definition) is 1. The van der Waals surface area contributed by atoms with Crippen LogP contribution < -0.4 is 5.32 Å². The third-order valence-corrected chi connectivity index (χ3v) is 4.82. The first-order valence-electron chi connectivity index (χ1n) is 9.22. The minimum Gasteiger partial charge on any atom is -0.347 e. The van der Waals surface area contributed by atoms with Gasteiger partial charge in [0.1, 0.15) is 6.04 Å². The number of rotatable bonds is 6. The lowest BCUT2D eigenvalue weighted by atomic mass is 9.96. The topological polar surface area (TPSA) is 66.5 Å². The summed E-state index contributed by atoms with van der Waals surface area (Å²) < 4.78 is 0. The summed E-state index contributed by atoms with van der Waals surface area (Å²) in [7, 11) is 0. The summed E-state index contributed by atoms with van der Waals surface area (Å²) in [6, 6.07) is 15.4. The van der Waals surface area contributed by atoms with Gasteiger partial charge in [-0.15, -0.1) is 0 Å². The van der Waals surface area contributed by atoms with Crippen molar-refractivity contribution in [2.75, 3.05) is 0 Å². The van der Waals surface area contributed by atoms with Crippen LogP contribution in [0.4, 0.5) is 0 Å². The SMILES string of the molecule is CC(C)C[C@@H](NC(=O)[C@@H](C)N1C(=O)c2ccccc2C1=O)c1ccccc1. The molecule has 5 nitrogen and oxygen atoms in total. The molecule has 5 heteroatoms. The molecule has 0 saturated heterocycles. The number of nitrogens with zero attached hydrogens (tertiary/aromatic N) is 1. The van der Waals surface area contributed by atoms with Gasteiger partial charge in [-0.25, -0.2) is 0 Å². The molecule has 27 heavy (non-hydrogen) atoms. The van der Waals surface area contributed by atoms with Crippen molar-refractivity contribution in [2.24, 2.45) is 5.92 Å². The molecule has 0 aliphatic carbocycles. The van der Waals surface area contributed by atoms with E-state index in [1.807, 2.05) is 30.3 Å². The molecule has 1 heterocycles. The average molecular weight is 364 g/mol. The van der Waals surface area contributed by atoms with Crippen LogP contribution in [0.5, 0.6) is 0 Å². The molecule has 0 aromatic heterocycles. The van der Waals surface area contributed by atoms with E-state index < -0.39 is 17.9 Å². The van der Waals surface area contributed by atoms with Crippen LogP contribution in [0.3, 0.4) is 0 Å². The Hall–Kier alpha value is -2.95. The summed E-state index contributed by atoms with van der Waals surface area (Å²) in [6.45, 7) is 5.78. The molecule has 1 N–H and O–H groups in total. The molecule has 2 aromatic carbocycles. The van der Waals surface area contributed by atoms with Crippen molar-refractivity contribution >= 4 is 17.7 Å². The summed E-state index contributed by atoms with van der Waals surface area (Å²) in [5, 5.41) is 3.02. The molecule has 0 fully saturated rings. The monoisotopic (exact) mass is 364 g/mol. The van der Waals surface area contributed by atoms with Crippen molar-refractivity contribution in [1.29, 1.82) is 0 Å². The van der Waals surface area contributed by atoms with Gasteiger partial charge in [0, 0.05) is 0 Å². The first kappa shape index (κ1) is 18.8. The van der Waals surface area contributed by atoms with E-state index in [4.69, 9.17) is 0 Å². The number of carbonyl (C=O) groups excluding carboxylic acids is 3. The van der Waals surface area contributed by atoms with Crippen LogP contribution in [-0.2, 0) is 4.79 Å². The summed E-state index contributed by atoms with van der Waals surface area (Å²) >= 11 is 0. The van der Waals surface area contributed by atoms with E-state index in [1.54, 1.807) is 31.2 Å². The van der Waals surface area contributed by atoms with Crippen LogP contribution in [0.2, 0.25) is 0 Å². The van der Waals surface area contributed by atoms with E-state index in [0.717, 1.165) is 16.9 Å². The van der Waals surface area contributed by atoms with Crippen LogP contribution in [0, 0.1) is 5.92 Å². The lowest BCUT2D eigenvalue weighted by Crippen LogP contribution is -2.48. The summed E-state index contributed by atoms with van der Waals surface area (Å²) in [5.41, 5.74) is 1.71. The smallest absolute Gasteiger partial charge is 0.262 e. The quantitative estimate of drug-likeness (QED) is 0.797. The number of imide groups is 1. The lowest BCUT2D eigenvalue weighted by molar-refractivity contribution is -0.125. The van der Waals surface area contributed by atoms with Crippen molar-refractivity contribution in [3.63, 3.8) is 0 Å². The van der Waals surface area contributed by atoms with Crippen molar-refractivity contribution < 1.29 is 14.4 Å². The Morgan fingerprint density at radius 3 is 1.93 bits per heavy atom. The van der Waals surface area contributed by atoms with E-state index in [1.165, 1.54) is 0 Å². The molecule has 0 unspecified atom stereocenters. The van der Waals surface area contributed by atoms with Gasteiger partial charge in [-0.2, -0.15) is 0 Å². The minimum atomic E-state index is -0.879. The van der Waals surface area contributed by atoms with E-state index in [0.29, 0.717) is 17.0 Å². The Morgan fingerprint density at radius 1 is 0.889 bits per heavy atom. The van der Waals surface area contributed by atoms with Crippen molar-refractivity contribution in [2.45, 2.75) is 39.3 Å². The lowest BCUT2D eigenvalue weighted by Gasteiger charge is -2.26. The average Bonchev–Trinajstić information content (AvgIpc) is 2.92. The van der Waals surface area contributed by atoms with Gasteiger partial charge >= 0.3 is 0 Å². The number of nitrogens with one attached hydrogen (secondary N) is 1. The van der Waals surface area contributed by atoms with Gasteiger partial charge in [0.25, 0.3) is 11.8 Å². The fourth-order valence-corrected chi connectivity index (χ4v) is 3.40. The number of carbonyl (C=O) groups is 3. The highest BCUT2D eigenvalue weighted by molar-refractivity contribution is 6.22. The van der Waals surface area contributed by atoms with Gasteiger partial charge in [-0.3, -0.25) is 19.3 Å². The zero-order chi connectivity index (χ0) is 19.6. The number of hydrogen-bond acceptors (Lipinski definition) is 3. The van der Waals surface area contributed by atoms with E-state index >= 15 is 0 Å². The van der Waals surface area contributed by atoms with Crippen molar-refractivity contribution in [3.05, 3.63) is 71.3 Å². The molecule has 0 saturated carbocycles. The highest BCUT2D eigenvalue weighted by atomic mass is 16.2. The fourth-order valence-electron chi connectivity index (χ4n) is 3.40. The molecule has 0 spiro atoms. The van der Waals surface area contributed by atoms with Crippen LogP contribution in [0.1, 0.15) is 59.5 Å². The molecule has 2 aromatic rings. The Balaban J connectivity index is 1.79. The number of benzene rings is 2. The van der Waals surface area contributed by atoms with E-state index in [9.17, 15) is 14.4 Å². The van der Waals surface area contributed by atoms with E-state index in [-0.39, 0.29) is 11.9 Å². The first-order chi connectivity index (χ1) is 12.9. The van der Waals surface area contributed by atoms with Gasteiger partial charge in [-0.1, -0.05) is 56.3 Å². The van der Waals surface area contributed by atoms with Crippen LogP contribution in [0.15, 0.2) is 54.6 Å². The number of amides is 3. The maximum Gasteiger partial charge on any atom is 0.262 e. The molecule has 0 radical (unpaired) electrons. The van der Waals surface area contributed by atoms with E-state index in [2.05, 4.69) is 19.2 Å². The molecule has 1 aliphatic rings. The molecular formula is C22H24N2O3. The second-order valence-corrected chi connectivity index (χ2v) is 7.30. The summed E-state index contributed by atoms with van der Waals surface area (Å²) in [5.74, 6) is -0.791. The van der Waals surface area contributed by atoms with Crippen molar-refractivity contribution in [1.82, 2.24) is 10.2 Å². The summed E-state index contributed by atoms with van der Waals surface area (Å²) in [6.07, 6.45) is 0.768. The maximum absolute atomic E-state index is 12.9. The second kappa shape index (κ2) is 7.74. The fraction of sp³-hybridized carbons (Fsp3) is 0.318.